The van der Waals surface area contributed by atoms with Crippen molar-refractivity contribution in [2.24, 2.45) is 5.92 Å². The zero-order chi connectivity index (χ0) is 25.9. The zero-order valence-corrected chi connectivity index (χ0v) is 20.7. The van der Waals surface area contributed by atoms with Crippen molar-refractivity contribution >= 4 is 21.7 Å². The Bertz CT molecular complexity index is 1330. The van der Waals surface area contributed by atoms with E-state index in [0.717, 1.165) is 0 Å². The van der Waals surface area contributed by atoms with Crippen LogP contribution in [0.3, 0.4) is 0 Å². The molecule has 1 fully saturated rings. The Morgan fingerprint density at radius 3 is 2.78 bits per heavy atom. The Morgan fingerprint density at radius 1 is 1.28 bits per heavy atom. The topological polar surface area (TPSA) is 117 Å². The van der Waals surface area contributed by atoms with Gasteiger partial charge in [-0.15, -0.1) is 0 Å². The van der Waals surface area contributed by atoms with Gasteiger partial charge in [0.05, 0.1) is 30.6 Å². The van der Waals surface area contributed by atoms with Gasteiger partial charge in [-0.3, -0.25) is 9.89 Å². The number of carbonyl (C=O) groups excluding carboxylic acids is 1. The molecule has 0 radical (unpaired) electrons. The number of pyridine rings is 1. The van der Waals surface area contributed by atoms with Crippen LogP contribution in [0.2, 0.25) is 0 Å². The second kappa shape index (κ2) is 10.6. The Labute approximate surface area is 207 Å². The highest BCUT2D eigenvalue weighted by atomic mass is 32.2. The summed E-state index contributed by atoms with van der Waals surface area (Å²) in [5.41, 5.74) is 0.678. The fourth-order valence-electron chi connectivity index (χ4n) is 3.83. The third kappa shape index (κ3) is 5.99. The number of aromatic amines is 1. The SMILES string of the molecule is CC(C)COc1cc(F)cc(-c2ccc(C(=O)NS(=O)(=O)c3ccn[nH]3)c(N3CCCC(F)C3)n2)c1. The molecule has 0 aliphatic carbocycles. The molecule has 2 aromatic heterocycles. The molecule has 2 N–H and O–H groups in total. The number of aromatic nitrogens is 3. The summed E-state index contributed by atoms with van der Waals surface area (Å²) in [6, 6.07) is 8.28. The van der Waals surface area contributed by atoms with E-state index in [1.807, 2.05) is 18.6 Å². The molecule has 36 heavy (non-hydrogen) atoms. The van der Waals surface area contributed by atoms with Crippen molar-refractivity contribution in [3.63, 3.8) is 0 Å². The Balaban J connectivity index is 1.71. The maximum atomic E-state index is 14.4. The molecule has 9 nitrogen and oxygen atoms in total. The van der Waals surface area contributed by atoms with Crippen molar-refractivity contribution in [1.82, 2.24) is 19.9 Å². The van der Waals surface area contributed by atoms with Crippen LogP contribution in [0.25, 0.3) is 11.3 Å². The highest BCUT2D eigenvalue weighted by Crippen LogP contribution is 2.30. The first-order chi connectivity index (χ1) is 17.1. The second-order valence-electron chi connectivity index (χ2n) is 8.99. The normalized spacial score (nSPS) is 16.2. The number of benzene rings is 1. The Morgan fingerprint density at radius 2 is 2.08 bits per heavy atom. The van der Waals surface area contributed by atoms with Crippen molar-refractivity contribution in [3.05, 3.63) is 54.0 Å². The fourth-order valence-corrected chi connectivity index (χ4v) is 4.70. The number of H-pyrrole nitrogens is 1. The largest absolute Gasteiger partial charge is 0.493 e. The van der Waals surface area contributed by atoms with Crippen LogP contribution >= 0.6 is 0 Å². The molecule has 0 spiro atoms. The molecule has 1 aromatic carbocycles. The van der Waals surface area contributed by atoms with Crippen LogP contribution in [-0.4, -0.2) is 55.4 Å². The average Bonchev–Trinajstić information content (AvgIpc) is 3.38. The van der Waals surface area contributed by atoms with Crippen molar-refractivity contribution in [2.45, 2.75) is 37.9 Å². The van der Waals surface area contributed by atoms with Crippen LogP contribution in [0.4, 0.5) is 14.6 Å². The Hall–Kier alpha value is -3.54. The lowest BCUT2D eigenvalue weighted by Gasteiger charge is -2.31. The van der Waals surface area contributed by atoms with E-state index in [4.69, 9.17) is 4.74 Å². The average molecular weight is 520 g/mol. The van der Waals surface area contributed by atoms with Gasteiger partial charge in [0, 0.05) is 18.2 Å². The maximum absolute atomic E-state index is 14.4. The smallest absolute Gasteiger partial charge is 0.281 e. The number of ether oxygens (including phenoxy) is 1. The minimum Gasteiger partial charge on any atom is -0.493 e. The molecule has 1 amide bonds. The zero-order valence-electron chi connectivity index (χ0n) is 19.9. The molecule has 3 heterocycles. The van der Waals surface area contributed by atoms with Crippen LogP contribution in [0.15, 0.2) is 47.6 Å². The quantitative estimate of drug-likeness (QED) is 0.466. The van der Waals surface area contributed by atoms with Gasteiger partial charge in [-0.05, 0) is 49.1 Å². The number of sulfonamides is 1. The first-order valence-corrected chi connectivity index (χ1v) is 13.0. The van der Waals surface area contributed by atoms with Gasteiger partial charge in [-0.1, -0.05) is 13.8 Å². The number of hydrogen-bond donors (Lipinski definition) is 2. The molecule has 1 atom stereocenters. The van der Waals surface area contributed by atoms with Gasteiger partial charge in [-0.25, -0.2) is 18.5 Å². The number of anilines is 1. The first kappa shape index (κ1) is 25.5. The highest BCUT2D eigenvalue weighted by molar-refractivity contribution is 7.90. The van der Waals surface area contributed by atoms with E-state index in [9.17, 15) is 22.0 Å². The third-order valence-electron chi connectivity index (χ3n) is 5.53. The van der Waals surface area contributed by atoms with Crippen molar-refractivity contribution in [1.29, 1.82) is 0 Å². The van der Waals surface area contributed by atoms with Gasteiger partial charge in [0.1, 0.15) is 23.6 Å². The lowest BCUT2D eigenvalue weighted by atomic mass is 10.1. The van der Waals surface area contributed by atoms with E-state index in [0.29, 0.717) is 43.0 Å². The molecule has 0 saturated carbocycles. The predicted octanol–water partition coefficient (Wildman–Crippen LogP) is 3.70. The molecular weight excluding hydrogens is 492 g/mol. The third-order valence-corrected chi connectivity index (χ3v) is 6.79. The van der Waals surface area contributed by atoms with Crippen molar-refractivity contribution in [2.75, 3.05) is 24.6 Å². The minimum absolute atomic E-state index is 0.00404. The van der Waals surface area contributed by atoms with Crippen LogP contribution in [0.1, 0.15) is 37.0 Å². The van der Waals surface area contributed by atoms with E-state index < -0.39 is 27.9 Å². The summed E-state index contributed by atoms with van der Waals surface area (Å²) in [4.78, 5) is 19.2. The summed E-state index contributed by atoms with van der Waals surface area (Å²) < 4.78 is 61.3. The number of amides is 1. The molecule has 3 aromatic rings. The number of halogens is 2. The van der Waals surface area contributed by atoms with Gasteiger partial charge < -0.3 is 9.64 Å². The summed E-state index contributed by atoms with van der Waals surface area (Å²) in [6.45, 7) is 4.77. The molecule has 4 rings (SSSR count). The van der Waals surface area contributed by atoms with Gasteiger partial charge in [0.15, 0.2) is 5.03 Å². The molecule has 1 aliphatic rings. The van der Waals surface area contributed by atoms with Crippen LogP contribution in [-0.2, 0) is 10.0 Å². The number of hydrogen-bond acceptors (Lipinski definition) is 7. The minimum atomic E-state index is -4.21. The number of alkyl halides is 1. The summed E-state index contributed by atoms with van der Waals surface area (Å²) >= 11 is 0. The van der Waals surface area contributed by atoms with E-state index in [2.05, 4.69) is 15.2 Å². The summed E-state index contributed by atoms with van der Waals surface area (Å²) in [6.07, 6.45) is 1.04. The van der Waals surface area contributed by atoms with E-state index in [-0.39, 0.29) is 28.9 Å². The first-order valence-electron chi connectivity index (χ1n) is 11.5. The maximum Gasteiger partial charge on any atom is 0.281 e. The monoisotopic (exact) mass is 519 g/mol. The number of nitrogens with zero attached hydrogens (tertiary/aromatic N) is 3. The lowest BCUT2D eigenvalue weighted by Crippen LogP contribution is -2.39. The summed E-state index contributed by atoms with van der Waals surface area (Å²) in [5, 5.41) is 5.61. The fraction of sp³-hybridized carbons (Fsp3) is 0.375. The lowest BCUT2D eigenvalue weighted by molar-refractivity contribution is 0.0981. The predicted molar refractivity (Wildman–Crippen MR) is 130 cm³/mol. The molecule has 1 unspecified atom stereocenters. The standard InChI is InChI=1S/C24H27F2N5O4S/c1-15(2)14-35-19-11-16(10-18(26)12-19)21-6-5-20(23(28-21)31-9-3-4-17(25)13-31)24(32)30-36(33,34)22-7-8-27-29-22/h5-8,10-12,15,17H,3-4,9,13-14H2,1-2H3,(H,27,29)(H,30,32). The van der Waals surface area contributed by atoms with E-state index in [1.54, 1.807) is 11.0 Å². The number of piperidine rings is 1. The second-order valence-corrected chi connectivity index (χ2v) is 10.6. The number of nitrogens with one attached hydrogen (secondary N) is 2. The number of carbonyl (C=O) groups is 1. The molecule has 192 valence electrons. The van der Waals surface area contributed by atoms with Crippen LogP contribution in [0, 0.1) is 11.7 Å². The Kier molecular flexibility index (Phi) is 7.53. The van der Waals surface area contributed by atoms with Crippen LogP contribution in [0.5, 0.6) is 5.75 Å². The molecular formula is C24H27F2N5O4S. The van der Waals surface area contributed by atoms with Crippen LogP contribution < -0.4 is 14.4 Å². The van der Waals surface area contributed by atoms with E-state index in [1.165, 1.54) is 36.5 Å². The van der Waals surface area contributed by atoms with Gasteiger partial charge >= 0.3 is 0 Å². The molecule has 12 heteroatoms. The highest BCUT2D eigenvalue weighted by Gasteiger charge is 2.28. The summed E-state index contributed by atoms with van der Waals surface area (Å²) in [5.74, 6) is -0.772. The molecule has 0 bridgehead atoms. The van der Waals surface area contributed by atoms with Gasteiger partial charge in [-0.2, -0.15) is 13.5 Å². The van der Waals surface area contributed by atoms with Gasteiger partial charge in [0.25, 0.3) is 15.9 Å². The van der Waals surface area contributed by atoms with Crippen molar-refractivity contribution in [3.8, 4) is 17.0 Å². The van der Waals surface area contributed by atoms with Gasteiger partial charge in [0.2, 0.25) is 0 Å². The van der Waals surface area contributed by atoms with E-state index >= 15 is 0 Å². The molecule has 1 saturated heterocycles. The number of rotatable bonds is 8. The molecule has 1 aliphatic heterocycles. The van der Waals surface area contributed by atoms with Crippen molar-refractivity contribution < 1.29 is 26.7 Å². The summed E-state index contributed by atoms with van der Waals surface area (Å²) in [7, 11) is -4.21.